The van der Waals surface area contributed by atoms with Crippen LogP contribution in [0.1, 0.15) is 77.0 Å². The van der Waals surface area contributed by atoms with Crippen molar-refractivity contribution in [3.8, 4) is 67.3 Å². The fourth-order valence-corrected chi connectivity index (χ4v) is 9.40. The van der Waals surface area contributed by atoms with Crippen LogP contribution < -0.4 is 9.13 Å². The summed E-state index contributed by atoms with van der Waals surface area (Å²) in [6, 6.07) is 40.1. The van der Waals surface area contributed by atoms with Crippen molar-refractivity contribution in [2.75, 3.05) is 12.3 Å². The number of aromatic nitrogens is 5. The van der Waals surface area contributed by atoms with E-state index in [1.165, 1.54) is 0 Å². The molecule has 0 atom stereocenters. The molecule has 0 aliphatic rings. The van der Waals surface area contributed by atoms with Crippen LogP contribution in [0.4, 0.5) is 0 Å². The average Bonchev–Trinajstić information content (AvgIpc) is 3.33. The molecule has 7 rings (SSSR count). The summed E-state index contributed by atoms with van der Waals surface area (Å²) in [6.45, 7) is 1.86. The normalized spacial score (nSPS) is 11.8. The van der Waals surface area contributed by atoms with Crippen LogP contribution in [0.5, 0.6) is 0 Å². The zero-order chi connectivity index (χ0) is 46.2. The summed E-state index contributed by atoms with van der Waals surface area (Å²) in [4.78, 5) is 50.5. The Morgan fingerprint density at radius 1 is 0.364 bits per heavy atom. The maximum atomic E-state index is 11.0. The van der Waals surface area contributed by atoms with Gasteiger partial charge in [0.1, 0.15) is 13.1 Å². The molecule has 7 aromatic rings. The first-order chi connectivity index (χ1) is 32.0. The summed E-state index contributed by atoms with van der Waals surface area (Å²) in [5.41, 5.74) is 11.3. The summed E-state index contributed by atoms with van der Waals surface area (Å²) in [7, 11) is -7.76. The van der Waals surface area contributed by atoms with E-state index in [9.17, 15) is 9.13 Å². The molecule has 0 radical (unpaired) electrons. The van der Waals surface area contributed by atoms with Crippen LogP contribution in [-0.2, 0) is 22.2 Å². The number of hydrogen-bond donors (Lipinski definition) is 4. The molecule has 11 nitrogen and oxygen atoms in total. The molecule has 0 spiro atoms. The van der Waals surface area contributed by atoms with E-state index in [1.807, 2.05) is 12.1 Å². The molecule has 0 fully saturated rings. The van der Waals surface area contributed by atoms with Gasteiger partial charge in [-0.05, 0) is 77.3 Å². The van der Waals surface area contributed by atoms with E-state index in [0.29, 0.717) is 18.7 Å². The van der Waals surface area contributed by atoms with Gasteiger partial charge in [-0.3, -0.25) is 14.1 Å². The quantitative estimate of drug-likeness (QED) is 0.0263. The third-order valence-electron chi connectivity index (χ3n) is 11.9. The Balaban J connectivity index is 1.01. The van der Waals surface area contributed by atoms with Crippen LogP contribution in [0.3, 0.4) is 0 Å². The van der Waals surface area contributed by atoms with Gasteiger partial charge in [-0.1, -0.05) is 111 Å². The lowest BCUT2D eigenvalue weighted by Crippen LogP contribution is -2.32. The van der Waals surface area contributed by atoms with E-state index in [0.717, 1.165) is 139 Å². The molecule has 13 heteroatoms. The molecular weight excluding hydrogens is 865 g/mol. The molecule has 3 aromatic carbocycles. The maximum Gasteiger partial charge on any atom is 0.325 e. The van der Waals surface area contributed by atoms with Gasteiger partial charge in [-0.25, -0.2) is 19.1 Å². The van der Waals surface area contributed by atoms with Gasteiger partial charge in [0.2, 0.25) is 0 Å². The van der Waals surface area contributed by atoms with Crippen LogP contribution in [0.25, 0.3) is 67.3 Å². The fourth-order valence-electron chi connectivity index (χ4n) is 8.13. The van der Waals surface area contributed by atoms with Crippen molar-refractivity contribution >= 4 is 15.2 Å². The van der Waals surface area contributed by atoms with E-state index in [1.54, 1.807) is 12.4 Å². The van der Waals surface area contributed by atoms with Crippen molar-refractivity contribution in [1.82, 2.24) is 15.0 Å². The summed E-state index contributed by atoms with van der Waals surface area (Å²) in [5, 5.41) is 0. The van der Waals surface area contributed by atoms with E-state index < -0.39 is 15.2 Å². The summed E-state index contributed by atoms with van der Waals surface area (Å²) in [5.74, 6) is 0.650. The van der Waals surface area contributed by atoms with E-state index in [2.05, 4.69) is 142 Å². The van der Waals surface area contributed by atoms with E-state index in [4.69, 9.17) is 29.5 Å². The molecule has 342 valence electrons. The van der Waals surface area contributed by atoms with Gasteiger partial charge in [-0.15, -0.1) is 0 Å². The number of pyridine rings is 3. The predicted molar refractivity (Wildman–Crippen MR) is 262 cm³/mol. The Morgan fingerprint density at radius 3 is 1.05 bits per heavy atom. The summed E-state index contributed by atoms with van der Waals surface area (Å²) < 4.78 is 26.5. The van der Waals surface area contributed by atoms with E-state index in [-0.39, 0.29) is 12.3 Å². The largest absolute Gasteiger partial charge is 0.325 e. The second kappa shape index (κ2) is 23.8. The number of unbranched alkanes of at least 4 members (excludes halogenated alkanes) is 10. The Morgan fingerprint density at radius 2 is 0.667 bits per heavy atom. The minimum absolute atomic E-state index is 0.0154. The lowest BCUT2D eigenvalue weighted by molar-refractivity contribution is -0.697. The van der Waals surface area contributed by atoms with Gasteiger partial charge in [0.15, 0.2) is 30.6 Å². The number of aryl methyl sites for hydroxylation is 2. The van der Waals surface area contributed by atoms with Gasteiger partial charge in [0.25, 0.3) is 0 Å². The minimum atomic E-state index is -3.88. The first-order valence-electron chi connectivity index (χ1n) is 23.1. The highest BCUT2D eigenvalue weighted by Gasteiger charge is 2.15. The second-order valence-corrected chi connectivity index (χ2v) is 20.7. The number of nitrogens with zero attached hydrogens (tertiary/aromatic N) is 5. The van der Waals surface area contributed by atoms with Crippen LogP contribution >= 0.6 is 15.2 Å². The highest BCUT2D eigenvalue weighted by Crippen LogP contribution is 2.37. The smallest absolute Gasteiger partial charge is 0.324 e. The van der Waals surface area contributed by atoms with Crippen molar-refractivity contribution in [2.45, 2.75) is 90.1 Å². The Hall–Kier alpha value is -5.51. The standard InChI is InChI=1S/C53H59N5O6P2/c59-65(60,61)39-11-7-3-1-5-9-33-57-35-27-46(28-36-57)43-13-19-48(20-14-43)51-41-52(56-53(55-51)50-23-17-42(18-24-50)45-25-31-54-32-26-45)49-21-15-44(16-22-49)47-29-37-58(38-30-47)34-10-6-2-4-8-12-40-66(62,63)64/h13-32,35-38,41H,1-12,33-34,39-40H2,(H2-2,59,60,61,62,63,64)/p+2. The molecule has 0 amide bonds. The van der Waals surface area contributed by atoms with Crippen LogP contribution in [0.15, 0.2) is 152 Å². The average molecular weight is 926 g/mol. The minimum Gasteiger partial charge on any atom is -0.324 e. The number of benzene rings is 3. The Kier molecular flexibility index (Phi) is 17.5. The number of hydrogen-bond acceptors (Lipinski definition) is 5. The Bertz CT molecular complexity index is 2530. The molecule has 0 saturated carbocycles. The zero-order valence-electron chi connectivity index (χ0n) is 37.5. The predicted octanol–water partition coefficient (Wildman–Crippen LogP) is 11.5. The summed E-state index contributed by atoms with van der Waals surface area (Å²) >= 11 is 0. The SMILES string of the molecule is O=P(O)(O)CCCCCCCC[n+]1ccc(-c2ccc(-c3cc(-c4ccc(-c5cc[n+](CCCCCCCCP(=O)(O)O)cc5)cc4)nc(-c4ccc(-c5ccncc5)cc4)n3)cc2)cc1. The molecule has 66 heavy (non-hydrogen) atoms. The van der Waals surface area contributed by atoms with Crippen LogP contribution in [-0.4, -0.2) is 46.8 Å². The molecule has 0 aliphatic carbocycles. The van der Waals surface area contributed by atoms with Crippen molar-refractivity contribution in [3.63, 3.8) is 0 Å². The fraction of sp³-hybridized carbons (Fsp3) is 0.302. The lowest BCUT2D eigenvalue weighted by Gasteiger charge is -2.11. The number of rotatable bonds is 24. The van der Waals surface area contributed by atoms with Gasteiger partial charge < -0.3 is 19.6 Å². The Labute approximate surface area is 388 Å². The van der Waals surface area contributed by atoms with E-state index >= 15 is 0 Å². The second-order valence-electron chi connectivity index (χ2n) is 17.1. The highest BCUT2D eigenvalue weighted by atomic mass is 31.2. The lowest BCUT2D eigenvalue weighted by atomic mass is 10.0. The first kappa shape index (κ1) is 48.4. The van der Waals surface area contributed by atoms with Crippen molar-refractivity contribution in [1.29, 1.82) is 0 Å². The van der Waals surface area contributed by atoms with Crippen LogP contribution in [0.2, 0.25) is 0 Å². The van der Waals surface area contributed by atoms with Crippen molar-refractivity contribution in [2.24, 2.45) is 0 Å². The molecule has 0 aliphatic heterocycles. The van der Waals surface area contributed by atoms with Crippen molar-refractivity contribution < 1.29 is 37.8 Å². The topological polar surface area (TPSA) is 161 Å². The monoisotopic (exact) mass is 925 g/mol. The molecule has 4 heterocycles. The molecule has 4 N–H and O–H groups in total. The van der Waals surface area contributed by atoms with Crippen LogP contribution in [0, 0.1) is 0 Å². The van der Waals surface area contributed by atoms with Gasteiger partial charge >= 0.3 is 15.2 Å². The third-order valence-corrected chi connectivity index (χ3v) is 13.7. The van der Waals surface area contributed by atoms with Gasteiger partial charge in [0.05, 0.1) is 11.4 Å². The van der Waals surface area contributed by atoms with Gasteiger partial charge in [0, 0.05) is 78.5 Å². The zero-order valence-corrected chi connectivity index (χ0v) is 39.3. The molecule has 0 saturated heterocycles. The summed E-state index contributed by atoms with van der Waals surface area (Å²) in [6.07, 6.45) is 23.4. The molecule has 0 unspecified atom stereocenters. The first-order valence-corrected chi connectivity index (χ1v) is 26.7. The highest BCUT2D eigenvalue weighted by molar-refractivity contribution is 7.52. The molecule has 0 bridgehead atoms. The maximum absolute atomic E-state index is 11.0. The third kappa shape index (κ3) is 15.3. The van der Waals surface area contributed by atoms with Crippen molar-refractivity contribution in [3.05, 3.63) is 152 Å². The van der Waals surface area contributed by atoms with Gasteiger partial charge in [-0.2, -0.15) is 0 Å². The molecule has 4 aromatic heterocycles. The molecular formula is C53H61N5O6P2+2.